The van der Waals surface area contributed by atoms with Crippen LogP contribution in [0.1, 0.15) is 45.2 Å². The van der Waals surface area contributed by atoms with Crippen molar-refractivity contribution in [2.75, 3.05) is 4.90 Å². The summed E-state index contributed by atoms with van der Waals surface area (Å²) in [6, 6.07) is 27.0. The number of pyridine rings is 1. The van der Waals surface area contributed by atoms with Crippen LogP contribution in [-0.4, -0.2) is 34.7 Å². The first-order chi connectivity index (χ1) is 26.1. The summed E-state index contributed by atoms with van der Waals surface area (Å²) in [5, 5.41) is 0.959. The van der Waals surface area contributed by atoms with Crippen LogP contribution in [-0.2, 0) is 20.9 Å². The highest BCUT2D eigenvalue weighted by Crippen LogP contribution is 2.65. The number of allylic oxidation sites excluding steroid dienone is 2. The number of anilines is 1. The number of ketones is 1. The Morgan fingerprint density at radius 3 is 2.20 bits per heavy atom. The second-order valence-electron chi connectivity index (χ2n) is 14.7. The third-order valence-corrected chi connectivity index (χ3v) is 12.9. The molecular weight excluding hydrogens is 768 g/mol. The van der Waals surface area contributed by atoms with E-state index in [1.807, 2.05) is 37.3 Å². The molecule has 270 valence electrons. The lowest BCUT2D eigenvalue weighted by atomic mass is 9.63. The summed E-state index contributed by atoms with van der Waals surface area (Å²) < 4.78 is 12.2. The average molecular weight is 802 g/mol. The van der Waals surface area contributed by atoms with Gasteiger partial charge in [-0.25, -0.2) is 9.78 Å². The Balaban J connectivity index is 0.963. The molecule has 2 bridgehead atoms. The molecule has 0 radical (unpaired) electrons. The molecule has 54 heavy (non-hydrogen) atoms. The minimum absolute atomic E-state index is 0.122. The zero-order valence-electron chi connectivity index (χ0n) is 29.4. The van der Waals surface area contributed by atoms with Crippen molar-refractivity contribution in [2.24, 2.45) is 35.5 Å². The van der Waals surface area contributed by atoms with Crippen LogP contribution in [0.3, 0.4) is 0 Å². The van der Waals surface area contributed by atoms with Crippen LogP contribution in [0.15, 0.2) is 108 Å². The molecule has 0 N–H and O–H groups in total. The second-order valence-corrected chi connectivity index (χ2v) is 15.9. The number of ether oxygens (including phenoxy) is 2. The Labute approximate surface area is 325 Å². The first-order valence-corrected chi connectivity index (χ1v) is 19.2. The number of benzene rings is 4. The van der Waals surface area contributed by atoms with Crippen molar-refractivity contribution < 1.29 is 28.7 Å². The van der Waals surface area contributed by atoms with Crippen LogP contribution in [0.5, 0.6) is 5.75 Å². The van der Waals surface area contributed by atoms with Crippen molar-refractivity contribution in [3.05, 3.63) is 135 Å². The number of nitrogens with zero attached hydrogens (tertiary/aromatic N) is 2. The van der Waals surface area contributed by atoms with Gasteiger partial charge >= 0.3 is 5.97 Å². The van der Waals surface area contributed by atoms with E-state index in [1.165, 1.54) is 4.90 Å². The van der Waals surface area contributed by atoms with E-state index in [1.54, 1.807) is 67.6 Å². The average Bonchev–Trinajstić information content (AvgIpc) is 3.98. The molecule has 1 aromatic heterocycles. The second kappa shape index (κ2) is 13.3. The maximum absolute atomic E-state index is 13.9. The molecule has 5 aliphatic rings. The van der Waals surface area contributed by atoms with Gasteiger partial charge in [-0.2, -0.15) is 0 Å². The molecule has 0 spiro atoms. The number of carbonyl (C=O) groups excluding carboxylic acids is 4. The number of carbonyl (C=O) groups is 4. The predicted octanol–water partition coefficient (Wildman–Crippen LogP) is 9.19. The van der Waals surface area contributed by atoms with Gasteiger partial charge in [0, 0.05) is 21.0 Å². The van der Waals surface area contributed by atoms with Crippen molar-refractivity contribution in [1.82, 2.24) is 4.98 Å². The monoisotopic (exact) mass is 800 g/mol. The van der Waals surface area contributed by atoms with Gasteiger partial charge in [-0.3, -0.25) is 19.3 Å². The molecule has 1 aliphatic heterocycles. The van der Waals surface area contributed by atoms with Crippen molar-refractivity contribution in [3.8, 4) is 17.0 Å². The van der Waals surface area contributed by atoms with Gasteiger partial charge < -0.3 is 9.47 Å². The normalized spacial score (nSPS) is 24.0. The van der Waals surface area contributed by atoms with Gasteiger partial charge in [0.25, 0.3) is 0 Å². The highest BCUT2D eigenvalue weighted by Gasteiger charge is 2.67. The van der Waals surface area contributed by atoms with Crippen molar-refractivity contribution in [1.29, 1.82) is 0 Å². The summed E-state index contributed by atoms with van der Waals surface area (Å²) in [5.74, 6) is 0.0680. The third-order valence-electron chi connectivity index (χ3n) is 11.6. The molecule has 4 aliphatic carbocycles. The molecule has 3 fully saturated rings. The standard InChI is InChI=1S/C44H34BrClN2O6/c1-22-39(46)35(45)19-33-34(44(52)54-23(2)41(49)26-10-14-28(15-11-26)53-21-24-6-4-3-5-7-24)20-36(47-40(22)33)25-8-12-27(13-9-25)48-42(50)37-29-16-17-30(32-18-31(29)32)38(37)43(48)51/h3-17,19-20,23,29-32,37-38H,18,21H2,1-2H3. The summed E-state index contributed by atoms with van der Waals surface area (Å²) in [5.41, 5.74) is 4.40. The van der Waals surface area contributed by atoms with E-state index in [9.17, 15) is 19.2 Å². The van der Waals surface area contributed by atoms with E-state index in [0.29, 0.717) is 72.7 Å². The fourth-order valence-electron chi connectivity index (χ4n) is 8.74. The maximum Gasteiger partial charge on any atom is 0.339 e. The smallest absolute Gasteiger partial charge is 0.339 e. The first-order valence-electron chi connectivity index (χ1n) is 18.1. The number of amides is 2. The summed E-state index contributed by atoms with van der Waals surface area (Å²) in [6.45, 7) is 3.76. The lowest BCUT2D eigenvalue weighted by Crippen LogP contribution is -2.40. The Bertz CT molecular complexity index is 2380. The molecule has 4 aromatic carbocycles. The van der Waals surface area contributed by atoms with Crippen LogP contribution in [0, 0.1) is 42.4 Å². The van der Waals surface area contributed by atoms with E-state index in [4.69, 9.17) is 26.1 Å². The number of esters is 1. The maximum atomic E-state index is 13.9. The molecule has 2 amide bonds. The molecule has 8 nitrogen and oxygen atoms in total. The molecule has 5 aromatic rings. The zero-order valence-corrected chi connectivity index (χ0v) is 31.7. The molecule has 7 unspecified atom stereocenters. The van der Waals surface area contributed by atoms with Crippen molar-refractivity contribution in [3.63, 3.8) is 0 Å². The minimum Gasteiger partial charge on any atom is -0.489 e. The van der Waals surface area contributed by atoms with Gasteiger partial charge in [0.05, 0.1) is 39.3 Å². The number of rotatable bonds is 9. The molecule has 10 heteroatoms. The SMILES string of the molecule is Cc1c(Cl)c(Br)cc2c(C(=O)OC(C)C(=O)c3ccc(OCc4ccccc4)cc3)cc(-c3ccc(N4C(=O)C5C6C=CC(C7CC67)C5C4=O)cc3)nc12. The minimum atomic E-state index is -1.09. The largest absolute Gasteiger partial charge is 0.489 e. The van der Waals surface area contributed by atoms with Gasteiger partial charge in [0.1, 0.15) is 12.4 Å². The van der Waals surface area contributed by atoms with E-state index in [2.05, 4.69) is 28.1 Å². The quantitative estimate of drug-likeness (QED) is 0.0634. The number of hydrogen-bond acceptors (Lipinski definition) is 7. The Morgan fingerprint density at radius 1 is 0.907 bits per heavy atom. The number of aromatic nitrogens is 1. The fraction of sp³-hybridized carbons (Fsp3) is 0.250. The van der Waals surface area contributed by atoms with Crippen LogP contribution in [0.25, 0.3) is 22.2 Å². The number of fused-ring (bicyclic) bond motifs is 1. The summed E-state index contributed by atoms with van der Waals surface area (Å²) >= 11 is 10.1. The Kier molecular flexibility index (Phi) is 8.54. The van der Waals surface area contributed by atoms with Crippen LogP contribution in [0.4, 0.5) is 5.69 Å². The lowest BCUT2D eigenvalue weighted by Gasteiger charge is -2.37. The number of hydrogen-bond donors (Lipinski definition) is 0. The van der Waals surface area contributed by atoms with E-state index < -0.39 is 12.1 Å². The van der Waals surface area contributed by atoms with Gasteiger partial charge in [-0.1, -0.05) is 66.2 Å². The van der Waals surface area contributed by atoms with Gasteiger partial charge in [0.15, 0.2) is 6.10 Å². The number of halogens is 2. The van der Waals surface area contributed by atoms with Crippen LogP contribution >= 0.6 is 27.5 Å². The number of aryl methyl sites for hydroxylation is 1. The first kappa shape index (κ1) is 34.6. The van der Waals surface area contributed by atoms with E-state index >= 15 is 0 Å². The van der Waals surface area contributed by atoms with E-state index in [0.717, 1.165) is 12.0 Å². The van der Waals surface area contributed by atoms with Crippen molar-refractivity contribution >= 4 is 67.7 Å². The van der Waals surface area contributed by atoms with Crippen LogP contribution in [0.2, 0.25) is 5.02 Å². The molecule has 2 heterocycles. The van der Waals surface area contributed by atoms with Crippen molar-refractivity contribution in [2.45, 2.75) is 33.0 Å². The predicted molar refractivity (Wildman–Crippen MR) is 208 cm³/mol. The fourth-order valence-corrected chi connectivity index (χ4v) is 9.41. The molecular formula is C44H34BrClN2O6. The number of Topliss-reactive ketones (excluding diaryl/α,β-unsaturated/α-hetero) is 1. The Morgan fingerprint density at radius 2 is 1.56 bits per heavy atom. The summed E-state index contributed by atoms with van der Waals surface area (Å²) in [4.78, 5) is 61.0. The molecule has 10 rings (SSSR count). The van der Waals surface area contributed by atoms with Crippen LogP contribution < -0.4 is 9.64 Å². The molecule has 2 saturated carbocycles. The highest BCUT2D eigenvalue weighted by atomic mass is 79.9. The van der Waals surface area contributed by atoms with Gasteiger partial charge in [0.2, 0.25) is 17.6 Å². The summed E-state index contributed by atoms with van der Waals surface area (Å²) in [6.07, 6.45) is 4.34. The molecule has 7 atom stereocenters. The zero-order chi connectivity index (χ0) is 37.4. The lowest BCUT2D eigenvalue weighted by molar-refractivity contribution is -0.124. The summed E-state index contributed by atoms with van der Waals surface area (Å²) in [7, 11) is 0. The van der Waals surface area contributed by atoms with Gasteiger partial charge in [-0.15, -0.1) is 0 Å². The Hall–Kier alpha value is -5.12. The molecule has 1 saturated heterocycles. The van der Waals surface area contributed by atoms with E-state index in [-0.39, 0.29) is 46.8 Å². The van der Waals surface area contributed by atoms with Gasteiger partial charge in [-0.05, 0) is 120 Å². The number of imide groups is 1. The topological polar surface area (TPSA) is 103 Å². The highest BCUT2D eigenvalue weighted by molar-refractivity contribution is 9.10. The third kappa shape index (κ3) is 5.76.